The highest BCUT2D eigenvalue weighted by molar-refractivity contribution is 7.82. The topological polar surface area (TPSA) is 49.4 Å². The van der Waals surface area contributed by atoms with E-state index in [1.807, 2.05) is 61.5 Å². The van der Waals surface area contributed by atoms with Crippen LogP contribution in [0.5, 0.6) is 0 Å². The van der Waals surface area contributed by atoms with E-state index < -0.39 is 11.0 Å². The number of nitrogens with one attached hydrogen (secondary N) is 1. The number of carbonyl (C=O) groups excluding carboxylic acids is 1. The minimum Gasteiger partial charge on any atom is -0.355 e. The van der Waals surface area contributed by atoms with Gasteiger partial charge in [-0.05, 0) is 61.4 Å². The number of amides is 1. The molecule has 1 saturated carbocycles. The van der Waals surface area contributed by atoms with Gasteiger partial charge in [-0.15, -0.1) is 0 Å². The molecule has 186 valence electrons. The SMILES string of the molecule is Cc1ccc(CNC=O)cc1.Cc1ccccc1CN(CC1CCCCC1)S(=O)c1ccccc1. The van der Waals surface area contributed by atoms with E-state index in [1.165, 1.54) is 48.8 Å². The van der Waals surface area contributed by atoms with Crippen molar-refractivity contribution in [2.24, 2.45) is 5.92 Å². The molecule has 0 aliphatic heterocycles. The largest absolute Gasteiger partial charge is 0.355 e. The minimum atomic E-state index is -1.10. The quantitative estimate of drug-likeness (QED) is 0.356. The van der Waals surface area contributed by atoms with E-state index in [4.69, 9.17) is 0 Å². The van der Waals surface area contributed by atoms with Crippen LogP contribution in [0.15, 0.2) is 83.8 Å². The average Bonchev–Trinajstić information content (AvgIpc) is 2.90. The van der Waals surface area contributed by atoms with Crippen LogP contribution in [0.1, 0.15) is 54.4 Å². The lowest BCUT2D eigenvalue weighted by molar-refractivity contribution is -0.109. The van der Waals surface area contributed by atoms with Gasteiger partial charge in [0.2, 0.25) is 6.41 Å². The molecule has 0 saturated heterocycles. The zero-order valence-electron chi connectivity index (χ0n) is 21.0. The fourth-order valence-electron chi connectivity index (χ4n) is 4.38. The molecule has 3 aromatic rings. The molecule has 5 heteroatoms. The van der Waals surface area contributed by atoms with E-state index in [-0.39, 0.29) is 0 Å². The first kappa shape index (κ1) is 26.8. The van der Waals surface area contributed by atoms with Gasteiger partial charge in [-0.25, -0.2) is 8.51 Å². The van der Waals surface area contributed by atoms with Crippen LogP contribution in [-0.2, 0) is 28.9 Å². The lowest BCUT2D eigenvalue weighted by atomic mass is 9.89. The monoisotopic (exact) mass is 490 g/mol. The van der Waals surface area contributed by atoms with Crippen LogP contribution in [0.4, 0.5) is 0 Å². The van der Waals surface area contributed by atoms with Crippen molar-refractivity contribution in [2.45, 2.75) is 63.9 Å². The first-order chi connectivity index (χ1) is 17.1. The van der Waals surface area contributed by atoms with Gasteiger partial charge in [0.1, 0.15) is 11.0 Å². The summed E-state index contributed by atoms with van der Waals surface area (Å²) in [6.07, 6.45) is 7.25. The molecule has 4 rings (SSSR count). The van der Waals surface area contributed by atoms with Crippen molar-refractivity contribution in [2.75, 3.05) is 6.54 Å². The number of benzene rings is 3. The Balaban J connectivity index is 0.000000261. The zero-order valence-corrected chi connectivity index (χ0v) is 21.8. The molecule has 0 spiro atoms. The fourth-order valence-corrected chi connectivity index (χ4v) is 5.67. The average molecular weight is 491 g/mol. The predicted molar refractivity (Wildman–Crippen MR) is 145 cm³/mol. The third-order valence-corrected chi connectivity index (χ3v) is 7.91. The van der Waals surface area contributed by atoms with Crippen LogP contribution in [0.25, 0.3) is 0 Å². The maximum atomic E-state index is 13.2. The van der Waals surface area contributed by atoms with Crippen molar-refractivity contribution in [3.63, 3.8) is 0 Å². The van der Waals surface area contributed by atoms with Crippen molar-refractivity contribution >= 4 is 17.4 Å². The summed E-state index contributed by atoms with van der Waals surface area (Å²) in [5, 5.41) is 2.60. The molecule has 1 aliphatic rings. The Bertz CT molecular complexity index is 1050. The zero-order chi connectivity index (χ0) is 24.9. The second-order valence-corrected chi connectivity index (χ2v) is 10.8. The molecular formula is C30H38N2O2S. The molecule has 35 heavy (non-hydrogen) atoms. The number of aryl methyl sites for hydroxylation is 2. The summed E-state index contributed by atoms with van der Waals surface area (Å²) in [6.45, 7) is 6.47. The van der Waals surface area contributed by atoms with Crippen LogP contribution in [0, 0.1) is 19.8 Å². The summed E-state index contributed by atoms with van der Waals surface area (Å²) in [6, 6.07) is 26.4. The molecule has 3 aromatic carbocycles. The van der Waals surface area contributed by atoms with Crippen LogP contribution >= 0.6 is 0 Å². The van der Waals surface area contributed by atoms with E-state index in [9.17, 15) is 9.00 Å². The van der Waals surface area contributed by atoms with Crippen molar-refractivity contribution in [3.8, 4) is 0 Å². The van der Waals surface area contributed by atoms with Gasteiger partial charge in [0, 0.05) is 19.6 Å². The van der Waals surface area contributed by atoms with Gasteiger partial charge in [-0.1, -0.05) is 91.6 Å². The van der Waals surface area contributed by atoms with E-state index in [1.54, 1.807) is 0 Å². The molecule has 0 bridgehead atoms. The summed E-state index contributed by atoms with van der Waals surface area (Å²) in [7, 11) is -1.10. The number of carbonyl (C=O) groups is 1. The maximum absolute atomic E-state index is 13.2. The lowest BCUT2D eigenvalue weighted by Gasteiger charge is -2.29. The Morgan fingerprint density at radius 2 is 1.54 bits per heavy atom. The van der Waals surface area contributed by atoms with E-state index in [0.717, 1.165) is 23.5 Å². The second-order valence-electron chi connectivity index (χ2n) is 9.30. The van der Waals surface area contributed by atoms with Crippen LogP contribution in [0.2, 0.25) is 0 Å². The van der Waals surface area contributed by atoms with Gasteiger partial charge in [0.15, 0.2) is 0 Å². The van der Waals surface area contributed by atoms with Crippen molar-refractivity contribution in [1.29, 1.82) is 0 Å². The molecule has 0 heterocycles. The maximum Gasteiger partial charge on any atom is 0.207 e. The Labute approximate surface area is 213 Å². The third kappa shape index (κ3) is 9.08. The van der Waals surface area contributed by atoms with Crippen LogP contribution < -0.4 is 5.32 Å². The van der Waals surface area contributed by atoms with E-state index >= 15 is 0 Å². The molecule has 1 fully saturated rings. The highest BCUT2D eigenvalue weighted by Gasteiger charge is 2.22. The molecule has 1 atom stereocenters. The van der Waals surface area contributed by atoms with Crippen LogP contribution in [0.3, 0.4) is 0 Å². The van der Waals surface area contributed by atoms with Crippen molar-refractivity contribution in [1.82, 2.24) is 9.62 Å². The number of hydrogen-bond donors (Lipinski definition) is 1. The lowest BCUT2D eigenvalue weighted by Crippen LogP contribution is -2.32. The summed E-state index contributed by atoms with van der Waals surface area (Å²) in [5.41, 5.74) is 4.91. The summed E-state index contributed by atoms with van der Waals surface area (Å²) in [5.74, 6) is 0.676. The highest BCUT2D eigenvalue weighted by Crippen LogP contribution is 2.27. The minimum absolute atomic E-state index is 0.615. The molecule has 0 aromatic heterocycles. The molecular weight excluding hydrogens is 452 g/mol. The fraction of sp³-hybridized carbons (Fsp3) is 0.367. The molecule has 1 aliphatic carbocycles. The van der Waals surface area contributed by atoms with Gasteiger partial charge >= 0.3 is 0 Å². The Morgan fingerprint density at radius 1 is 0.886 bits per heavy atom. The number of nitrogens with zero attached hydrogens (tertiary/aromatic N) is 1. The molecule has 0 radical (unpaired) electrons. The van der Waals surface area contributed by atoms with Crippen molar-refractivity contribution < 1.29 is 9.00 Å². The smallest absolute Gasteiger partial charge is 0.207 e. The van der Waals surface area contributed by atoms with E-state index in [2.05, 4.69) is 40.8 Å². The van der Waals surface area contributed by atoms with Gasteiger partial charge < -0.3 is 5.32 Å². The van der Waals surface area contributed by atoms with Gasteiger partial charge in [0.25, 0.3) is 0 Å². The Morgan fingerprint density at radius 3 is 2.20 bits per heavy atom. The second kappa shape index (κ2) is 14.6. The normalized spacial score (nSPS) is 14.6. The first-order valence-electron chi connectivity index (χ1n) is 12.6. The molecule has 1 unspecified atom stereocenters. The number of rotatable bonds is 9. The number of hydrogen-bond acceptors (Lipinski definition) is 2. The third-order valence-electron chi connectivity index (χ3n) is 6.48. The molecule has 4 nitrogen and oxygen atoms in total. The highest BCUT2D eigenvalue weighted by atomic mass is 32.2. The van der Waals surface area contributed by atoms with Gasteiger partial charge in [0.05, 0.1) is 4.90 Å². The first-order valence-corrected chi connectivity index (χ1v) is 13.7. The predicted octanol–water partition coefficient (Wildman–Crippen LogP) is 6.34. The standard InChI is InChI=1S/C21H27NOS.C9H11NO/c1-18-10-8-9-13-20(18)17-22(16-19-11-4-2-5-12-19)24(23)21-14-6-3-7-15-21;1-8-2-4-9(5-3-8)6-10-7-11/h3,6-10,13-15,19H,2,4-5,11-12,16-17H2,1H3;2-5,7H,6H2,1H3,(H,10,11). The summed E-state index contributed by atoms with van der Waals surface area (Å²) < 4.78 is 15.3. The summed E-state index contributed by atoms with van der Waals surface area (Å²) >= 11 is 0. The summed E-state index contributed by atoms with van der Waals surface area (Å²) in [4.78, 5) is 10.8. The Hall–Kier alpha value is -2.76. The Kier molecular flexibility index (Phi) is 11.2. The van der Waals surface area contributed by atoms with Crippen LogP contribution in [-0.4, -0.2) is 21.5 Å². The molecule has 1 amide bonds. The molecule has 1 N–H and O–H groups in total. The van der Waals surface area contributed by atoms with Crippen molar-refractivity contribution in [3.05, 3.63) is 101 Å². The van der Waals surface area contributed by atoms with Gasteiger partial charge in [-0.3, -0.25) is 4.79 Å². The van der Waals surface area contributed by atoms with Gasteiger partial charge in [-0.2, -0.15) is 0 Å². The van der Waals surface area contributed by atoms with E-state index in [0.29, 0.717) is 18.9 Å².